The maximum atomic E-state index is 11.4. The van der Waals surface area contributed by atoms with Crippen molar-refractivity contribution in [1.29, 1.82) is 0 Å². The SMILES string of the molecule is C.COC(=O)C([NH3+])Cc1ccc(Oc2ccc(O)cc2)c(I)c1. The Morgan fingerprint density at radius 3 is 2.48 bits per heavy atom. The number of phenolic OH excluding ortho intramolecular Hbond substituents is 1. The van der Waals surface area contributed by atoms with E-state index in [0.29, 0.717) is 17.9 Å². The van der Waals surface area contributed by atoms with E-state index in [4.69, 9.17) is 4.74 Å². The van der Waals surface area contributed by atoms with Crippen LogP contribution in [0.3, 0.4) is 0 Å². The average Bonchev–Trinajstić information content (AvgIpc) is 2.51. The van der Waals surface area contributed by atoms with Crippen LogP contribution in [0.1, 0.15) is 13.0 Å². The van der Waals surface area contributed by atoms with Crippen molar-refractivity contribution in [3.63, 3.8) is 0 Å². The van der Waals surface area contributed by atoms with Crippen molar-refractivity contribution >= 4 is 28.6 Å². The van der Waals surface area contributed by atoms with Gasteiger partial charge < -0.3 is 20.3 Å². The number of halogens is 1. The molecule has 0 aromatic heterocycles. The van der Waals surface area contributed by atoms with Gasteiger partial charge in [0.15, 0.2) is 6.04 Å². The third-order valence-electron chi connectivity index (χ3n) is 3.08. The lowest BCUT2D eigenvalue weighted by molar-refractivity contribution is -0.407. The Morgan fingerprint density at radius 1 is 1.26 bits per heavy atom. The highest BCUT2D eigenvalue weighted by atomic mass is 127. The largest absolute Gasteiger partial charge is 0.508 e. The molecule has 23 heavy (non-hydrogen) atoms. The van der Waals surface area contributed by atoms with Gasteiger partial charge in [-0.1, -0.05) is 13.5 Å². The van der Waals surface area contributed by atoms with E-state index in [1.54, 1.807) is 24.3 Å². The van der Waals surface area contributed by atoms with Crippen molar-refractivity contribution in [3.05, 3.63) is 51.6 Å². The molecule has 0 bridgehead atoms. The van der Waals surface area contributed by atoms with Crippen molar-refractivity contribution in [1.82, 2.24) is 0 Å². The Kier molecular flexibility index (Phi) is 7.31. The number of carbonyl (C=O) groups excluding carboxylic acids is 1. The number of hydrogen-bond acceptors (Lipinski definition) is 4. The van der Waals surface area contributed by atoms with Gasteiger partial charge in [0.2, 0.25) is 0 Å². The van der Waals surface area contributed by atoms with Crippen LogP contribution in [0, 0.1) is 3.57 Å². The number of phenols is 1. The molecule has 2 aromatic rings. The van der Waals surface area contributed by atoms with Crippen molar-refractivity contribution in [2.75, 3.05) is 7.11 Å². The molecule has 0 aliphatic carbocycles. The Bertz CT molecular complexity index is 658. The van der Waals surface area contributed by atoms with Crippen LogP contribution in [0.5, 0.6) is 17.2 Å². The topological polar surface area (TPSA) is 83.4 Å². The number of methoxy groups -OCH3 is 1. The van der Waals surface area contributed by atoms with E-state index < -0.39 is 6.04 Å². The van der Waals surface area contributed by atoms with E-state index >= 15 is 0 Å². The fourth-order valence-corrected chi connectivity index (χ4v) is 2.62. The standard InChI is InChI=1S/C16H16INO4.CH4/c1-21-16(20)14(18)9-10-2-7-15(13(17)8-10)22-12-5-3-11(19)4-6-12;/h2-8,14,19H,9,18H2,1H3;1H4/p+1. The first-order valence-corrected chi connectivity index (χ1v) is 7.73. The van der Waals surface area contributed by atoms with Gasteiger partial charge in [-0.3, -0.25) is 0 Å². The zero-order valence-electron chi connectivity index (χ0n) is 12.1. The van der Waals surface area contributed by atoms with E-state index in [1.807, 2.05) is 18.2 Å². The minimum Gasteiger partial charge on any atom is -0.508 e. The minimum atomic E-state index is -0.426. The molecule has 0 heterocycles. The first-order valence-electron chi connectivity index (χ1n) is 6.66. The Labute approximate surface area is 149 Å². The van der Waals surface area contributed by atoms with Crippen LogP contribution in [0.15, 0.2) is 42.5 Å². The van der Waals surface area contributed by atoms with Crippen molar-refractivity contribution in [3.8, 4) is 17.2 Å². The van der Waals surface area contributed by atoms with Crippen LogP contribution in [-0.2, 0) is 16.0 Å². The lowest BCUT2D eigenvalue weighted by Crippen LogP contribution is -2.66. The van der Waals surface area contributed by atoms with Crippen LogP contribution >= 0.6 is 22.6 Å². The van der Waals surface area contributed by atoms with Gasteiger partial charge >= 0.3 is 5.97 Å². The average molecular weight is 430 g/mol. The molecule has 0 saturated heterocycles. The summed E-state index contributed by atoms with van der Waals surface area (Å²) in [5.41, 5.74) is 4.79. The smallest absolute Gasteiger partial charge is 0.364 e. The summed E-state index contributed by atoms with van der Waals surface area (Å²) in [6.45, 7) is 0. The highest BCUT2D eigenvalue weighted by Gasteiger charge is 2.18. The van der Waals surface area contributed by atoms with Gasteiger partial charge in [0.05, 0.1) is 10.7 Å². The molecule has 6 heteroatoms. The number of ether oxygens (including phenoxy) is 2. The van der Waals surface area contributed by atoms with Crippen LogP contribution in [0.2, 0.25) is 0 Å². The lowest BCUT2D eigenvalue weighted by atomic mass is 10.1. The van der Waals surface area contributed by atoms with Gasteiger partial charge in [-0.2, -0.15) is 0 Å². The Balaban J connectivity index is 0.00000264. The summed E-state index contributed by atoms with van der Waals surface area (Å²) in [5.74, 6) is 1.24. The normalized spacial score (nSPS) is 11.3. The highest BCUT2D eigenvalue weighted by molar-refractivity contribution is 14.1. The van der Waals surface area contributed by atoms with E-state index in [0.717, 1.165) is 9.13 Å². The lowest BCUT2D eigenvalue weighted by Gasteiger charge is -2.11. The molecule has 1 atom stereocenters. The highest BCUT2D eigenvalue weighted by Crippen LogP contribution is 2.28. The molecule has 0 amide bonds. The summed E-state index contributed by atoms with van der Waals surface area (Å²) in [6.07, 6.45) is 0.516. The molecule has 5 nitrogen and oxygen atoms in total. The molecule has 124 valence electrons. The number of esters is 1. The van der Waals surface area contributed by atoms with E-state index in [9.17, 15) is 9.90 Å². The predicted molar refractivity (Wildman–Crippen MR) is 96.5 cm³/mol. The molecule has 0 radical (unpaired) electrons. The maximum Gasteiger partial charge on any atom is 0.364 e. The summed E-state index contributed by atoms with van der Waals surface area (Å²) in [7, 11) is 1.36. The van der Waals surface area contributed by atoms with Gasteiger partial charge in [0, 0.05) is 6.42 Å². The summed E-state index contributed by atoms with van der Waals surface area (Å²) >= 11 is 2.18. The van der Waals surface area contributed by atoms with Crippen LogP contribution in [0.4, 0.5) is 0 Å². The van der Waals surface area contributed by atoms with E-state index in [2.05, 4.69) is 33.1 Å². The molecule has 0 saturated carbocycles. The van der Waals surface area contributed by atoms with Gasteiger partial charge in [-0.25, -0.2) is 4.79 Å². The molecular formula is C17H21INO4+. The number of aromatic hydroxyl groups is 1. The number of carbonyl (C=O) groups is 1. The second kappa shape index (κ2) is 8.73. The third kappa shape index (κ3) is 5.40. The van der Waals surface area contributed by atoms with Gasteiger partial charge in [0.25, 0.3) is 0 Å². The molecule has 4 N–H and O–H groups in total. The summed E-state index contributed by atoms with van der Waals surface area (Å²) in [4.78, 5) is 11.4. The Morgan fingerprint density at radius 2 is 1.91 bits per heavy atom. The van der Waals surface area contributed by atoms with Crippen molar-refractivity contribution in [2.45, 2.75) is 19.9 Å². The molecule has 2 aromatic carbocycles. The summed E-state index contributed by atoms with van der Waals surface area (Å²) in [5, 5.41) is 9.26. The first-order chi connectivity index (χ1) is 10.5. The molecule has 0 spiro atoms. The molecule has 2 rings (SSSR count). The second-order valence-corrected chi connectivity index (χ2v) is 5.95. The van der Waals surface area contributed by atoms with Crippen LogP contribution in [-0.4, -0.2) is 24.2 Å². The van der Waals surface area contributed by atoms with Crippen LogP contribution < -0.4 is 10.5 Å². The van der Waals surface area contributed by atoms with Gasteiger partial charge in [-0.15, -0.1) is 0 Å². The predicted octanol–water partition coefficient (Wildman–Crippen LogP) is 2.75. The first kappa shape index (κ1) is 19.2. The summed E-state index contributed by atoms with van der Waals surface area (Å²) in [6, 6.07) is 11.8. The van der Waals surface area contributed by atoms with Gasteiger partial charge in [0.1, 0.15) is 17.2 Å². The van der Waals surface area contributed by atoms with E-state index in [1.165, 1.54) is 7.11 Å². The number of hydrogen-bond donors (Lipinski definition) is 2. The monoisotopic (exact) mass is 430 g/mol. The van der Waals surface area contributed by atoms with Crippen molar-refractivity contribution < 1.29 is 25.1 Å². The fourth-order valence-electron chi connectivity index (χ4n) is 1.93. The maximum absolute atomic E-state index is 11.4. The third-order valence-corrected chi connectivity index (χ3v) is 3.92. The molecular weight excluding hydrogens is 409 g/mol. The van der Waals surface area contributed by atoms with Crippen molar-refractivity contribution in [2.24, 2.45) is 0 Å². The van der Waals surface area contributed by atoms with E-state index in [-0.39, 0.29) is 19.1 Å². The quantitative estimate of drug-likeness (QED) is 0.565. The Hall–Kier alpha value is -1.80. The number of benzene rings is 2. The fraction of sp³-hybridized carbons (Fsp3) is 0.235. The molecule has 0 aliphatic heterocycles. The van der Waals surface area contributed by atoms with Crippen LogP contribution in [0.25, 0.3) is 0 Å². The molecule has 1 unspecified atom stereocenters. The number of quaternary nitrogens is 1. The second-order valence-electron chi connectivity index (χ2n) is 4.78. The summed E-state index contributed by atoms with van der Waals surface area (Å²) < 4.78 is 11.4. The molecule has 0 aliphatic rings. The zero-order valence-corrected chi connectivity index (χ0v) is 14.2. The minimum absolute atomic E-state index is 0. The molecule has 0 fully saturated rings. The zero-order chi connectivity index (χ0) is 16.1. The number of rotatable bonds is 5. The van der Waals surface area contributed by atoms with Gasteiger partial charge in [-0.05, 0) is 64.6 Å².